The van der Waals surface area contributed by atoms with E-state index in [-0.39, 0.29) is 23.5 Å². The molecular formula is C22H23N3O5S. The SMILES string of the molecule is CCOC(=O)N1CCC(N2C(=O)C(O)=C(C(=O)c3cccs3)C2c2cccnc2)CC1. The minimum Gasteiger partial charge on any atom is -0.503 e. The number of aromatic nitrogens is 1. The number of ketones is 1. The number of aliphatic hydroxyl groups excluding tert-OH is 1. The molecule has 8 nitrogen and oxygen atoms in total. The summed E-state index contributed by atoms with van der Waals surface area (Å²) in [5.41, 5.74) is 0.737. The second-order valence-electron chi connectivity index (χ2n) is 7.39. The van der Waals surface area contributed by atoms with Crippen molar-refractivity contribution in [2.24, 2.45) is 0 Å². The predicted molar refractivity (Wildman–Crippen MR) is 114 cm³/mol. The van der Waals surface area contributed by atoms with Crippen LogP contribution in [0.2, 0.25) is 0 Å². The van der Waals surface area contributed by atoms with Gasteiger partial charge in [-0.25, -0.2) is 4.79 Å². The van der Waals surface area contributed by atoms with Crippen molar-refractivity contribution in [2.45, 2.75) is 31.8 Å². The molecule has 2 aliphatic heterocycles. The van der Waals surface area contributed by atoms with Gasteiger partial charge in [0.05, 0.1) is 23.1 Å². The summed E-state index contributed by atoms with van der Waals surface area (Å²) in [4.78, 5) is 46.2. The predicted octanol–water partition coefficient (Wildman–Crippen LogP) is 3.34. The van der Waals surface area contributed by atoms with E-state index in [9.17, 15) is 19.5 Å². The van der Waals surface area contributed by atoms with Crippen molar-refractivity contribution in [2.75, 3.05) is 19.7 Å². The number of Topliss-reactive ketones (excluding diaryl/α,β-unsaturated/α-hetero) is 1. The third kappa shape index (κ3) is 3.93. The molecule has 4 heterocycles. The van der Waals surface area contributed by atoms with Crippen molar-refractivity contribution in [3.05, 3.63) is 63.8 Å². The van der Waals surface area contributed by atoms with Crippen molar-refractivity contribution in [3.8, 4) is 0 Å². The lowest BCUT2D eigenvalue weighted by Gasteiger charge is -2.39. The van der Waals surface area contributed by atoms with Crippen molar-refractivity contribution in [1.29, 1.82) is 0 Å². The molecular weight excluding hydrogens is 418 g/mol. The first-order valence-electron chi connectivity index (χ1n) is 10.2. The fourth-order valence-electron chi connectivity index (χ4n) is 4.18. The van der Waals surface area contributed by atoms with E-state index < -0.39 is 17.7 Å². The van der Waals surface area contributed by atoms with Crippen LogP contribution in [0.1, 0.15) is 41.0 Å². The van der Waals surface area contributed by atoms with E-state index in [4.69, 9.17) is 4.74 Å². The number of rotatable bonds is 5. The molecule has 0 aliphatic carbocycles. The van der Waals surface area contributed by atoms with Crippen LogP contribution < -0.4 is 0 Å². The zero-order valence-corrected chi connectivity index (χ0v) is 17.9. The Kier molecular flexibility index (Phi) is 6.03. The van der Waals surface area contributed by atoms with Crippen molar-refractivity contribution >= 4 is 29.1 Å². The third-order valence-electron chi connectivity index (χ3n) is 5.62. The van der Waals surface area contributed by atoms with Gasteiger partial charge >= 0.3 is 6.09 Å². The molecule has 1 fully saturated rings. The summed E-state index contributed by atoms with van der Waals surface area (Å²) in [7, 11) is 0. The molecule has 2 aromatic heterocycles. The number of aliphatic hydroxyl groups is 1. The van der Waals surface area contributed by atoms with Crippen LogP contribution in [0.25, 0.3) is 0 Å². The van der Waals surface area contributed by atoms with Gasteiger partial charge in [-0.3, -0.25) is 14.6 Å². The highest BCUT2D eigenvalue weighted by molar-refractivity contribution is 7.12. The van der Waals surface area contributed by atoms with Crippen LogP contribution in [-0.4, -0.2) is 63.4 Å². The van der Waals surface area contributed by atoms with Gasteiger partial charge < -0.3 is 19.6 Å². The highest BCUT2D eigenvalue weighted by Gasteiger charge is 2.47. The van der Waals surface area contributed by atoms with Crippen molar-refractivity contribution in [1.82, 2.24) is 14.8 Å². The van der Waals surface area contributed by atoms with Crippen LogP contribution in [0.4, 0.5) is 4.79 Å². The molecule has 1 unspecified atom stereocenters. The third-order valence-corrected chi connectivity index (χ3v) is 6.49. The fourth-order valence-corrected chi connectivity index (χ4v) is 4.86. The topological polar surface area (TPSA) is 100 Å². The molecule has 0 aromatic carbocycles. The van der Waals surface area contributed by atoms with Crippen LogP contribution in [-0.2, 0) is 9.53 Å². The highest BCUT2D eigenvalue weighted by atomic mass is 32.1. The first-order chi connectivity index (χ1) is 15.0. The van der Waals surface area contributed by atoms with E-state index in [0.29, 0.717) is 43.0 Å². The van der Waals surface area contributed by atoms with Gasteiger partial charge in [0, 0.05) is 31.5 Å². The van der Waals surface area contributed by atoms with Crippen LogP contribution in [0.5, 0.6) is 0 Å². The number of likely N-dealkylation sites (tertiary alicyclic amines) is 1. The van der Waals surface area contributed by atoms with E-state index in [0.717, 1.165) is 0 Å². The Labute approximate surface area is 183 Å². The van der Waals surface area contributed by atoms with Gasteiger partial charge in [0.25, 0.3) is 5.91 Å². The molecule has 162 valence electrons. The van der Waals surface area contributed by atoms with E-state index in [1.165, 1.54) is 11.3 Å². The number of pyridine rings is 1. The van der Waals surface area contributed by atoms with Gasteiger partial charge in [-0.15, -0.1) is 11.3 Å². The maximum absolute atomic E-state index is 13.2. The molecule has 4 rings (SSSR count). The van der Waals surface area contributed by atoms with Crippen LogP contribution in [0.3, 0.4) is 0 Å². The van der Waals surface area contributed by atoms with Crippen LogP contribution in [0, 0.1) is 0 Å². The molecule has 2 aliphatic rings. The van der Waals surface area contributed by atoms with Gasteiger partial charge in [0.15, 0.2) is 5.76 Å². The number of hydrogen-bond donors (Lipinski definition) is 1. The number of carbonyl (C=O) groups excluding carboxylic acids is 3. The largest absolute Gasteiger partial charge is 0.503 e. The summed E-state index contributed by atoms with van der Waals surface area (Å²) < 4.78 is 5.07. The average Bonchev–Trinajstić information content (AvgIpc) is 3.42. The lowest BCUT2D eigenvalue weighted by Crippen LogP contribution is -2.48. The molecule has 1 saturated heterocycles. The summed E-state index contributed by atoms with van der Waals surface area (Å²) in [5, 5.41) is 12.5. The van der Waals surface area contributed by atoms with Gasteiger partial charge in [-0.1, -0.05) is 12.1 Å². The van der Waals surface area contributed by atoms with Gasteiger partial charge in [-0.05, 0) is 42.8 Å². The van der Waals surface area contributed by atoms with E-state index in [1.807, 2.05) is 0 Å². The number of piperidine rings is 1. The Morgan fingerprint density at radius 3 is 2.65 bits per heavy atom. The van der Waals surface area contributed by atoms with E-state index in [1.54, 1.807) is 58.8 Å². The molecule has 0 radical (unpaired) electrons. The lowest BCUT2D eigenvalue weighted by molar-refractivity contribution is -0.132. The van der Waals surface area contributed by atoms with Crippen molar-refractivity contribution in [3.63, 3.8) is 0 Å². The molecule has 9 heteroatoms. The molecule has 2 aromatic rings. The van der Waals surface area contributed by atoms with Gasteiger partial charge in [-0.2, -0.15) is 0 Å². The lowest BCUT2D eigenvalue weighted by atomic mass is 9.94. The summed E-state index contributed by atoms with van der Waals surface area (Å²) in [6.45, 7) is 2.93. The highest BCUT2D eigenvalue weighted by Crippen LogP contribution is 2.42. The standard InChI is InChI=1S/C22H23N3O5S/c1-2-30-22(29)24-10-7-15(8-11-24)25-18(14-5-3-9-23-13-14)17(20(27)21(25)28)19(26)16-6-4-12-31-16/h3-6,9,12-13,15,18,27H,2,7-8,10-11H2,1H3. The van der Waals surface area contributed by atoms with Crippen LogP contribution >= 0.6 is 11.3 Å². The normalized spacial score (nSPS) is 19.8. The van der Waals surface area contributed by atoms with E-state index in [2.05, 4.69) is 4.98 Å². The maximum atomic E-state index is 13.2. The average molecular weight is 442 g/mol. The number of carbonyl (C=O) groups is 3. The Balaban J connectivity index is 1.64. The second-order valence-corrected chi connectivity index (χ2v) is 8.33. The fraction of sp³-hybridized carbons (Fsp3) is 0.364. The zero-order valence-electron chi connectivity index (χ0n) is 17.1. The smallest absolute Gasteiger partial charge is 0.409 e. The number of amides is 2. The Morgan fingerprint density at radius 1 is 1.26 bits per heavy atom. The number of hydrogen-bond acceptors (Lipinski definition) is 7. The summed E-state index contributed by atoms with van der Waals surface area (Å²) in [5.74, 6) is -1.44. The molecule has 31 heavy (non-hydrogen) atoms. The number of nitrogens with zero attached hydrogens (tertiary/aromatic N) is 3. The summed E-state index contributed by atoms with van der Waals surface area (Å²) in [6.07, 6.45) is 3.91. The first-order valence-corrected chi connectivity index (χ1v) is 11.1. The van der Waals surface area contributed by atoms with Crippen molar-refractivity contribution < 1.29 is 24.2 Å². The monoisotopic (exact) mass is 441 g/mol. The Morgan fingerprint density at radius 2 is 2.03 bits per heavy atom. The second kappa shape index (κ2) is 8.89. The quantitative estimate of drug-likeness (QED) is 0.715. The zero-order chi connectivity index (χ0) is 22.0. The van der Waals surface area contributed by atoms with Gasteiger partial charge in [0.1, 0.15) is 0 Å². The minimum absolute atomic E-state index is 0.0771. The molecule has 0 spiro atoms. The summed E-state index contributed by atoms with van der Waals surface area (Å²) >= 11 is 1.26. The minimum atomic E-state index is -0.727. The molecule has 0 bridgehead atoms. The first kappa shape index (κ1) is 21.0. The molecule has 1 atom stereocenters. The van der Waals surface area contributed by atoms with Gasteiger partial charge in [0.2, 0.25) is 5.78 Å². The number of ether oxygens (including phenoxy) is 1. The van der Waals surface area contributed by atoms with Crippen LogP contribution in [0.15, 0.2) is 53.4 Å². The number of thiophene rings is 1. The maximum Gasteiger partial charge on any atom is 0.409 e. The molecule has 1 N–H and O–H groups in total. The molecule has 2 amide bonds. The molecule has 0 saturated carbocycles. The Hall–Kier alpha value is -3.20. The Bertz CT molecular complexity index is 997. The van der Waals surface area contributed by atoms with E-state index >= 15 is 0 Å². The summed E-state index contributed by atoms with van der Waals surface area (Å²) in [6, 6.07) is 6.01.